The van der Waals surface area contributed by atoms with Crippen molar-refractivity contribution in [2.75, 3.05) is 33.5 Å². The highest BCUT2D eigenvalue weighted by Gasteiger charge is 2.57. The number of hydrogen-bond acceptors (Lipinski definition) is 6. The Morgan fingerprint density at radius 2 is 1.97 bits per heavy atom. The van der Waals surface area contributed by atoms with Crippen molar-refractivity contribution in [2.45, 2.75) is 24.6 Å². The molecule has 182 valence electrons. The van der Waals surface area contributed by atoms with Crippen molar-refractivity contribution in [2.24, 2.45) is 11.0 Å². The zero-order valence-corrected chi connectivity index (χ0v) is 19.7. The smallest absolute Gasteiger partial charge is 0.270 e. The molecule has 0 saturated carbocycles. The molecule has 2 aromatic rings. The van der Waals surface area contributed by atoms with Crippen LogP contribution < -0.4 is 4.74 Å². The maximum atomic E-state index is 14.7. The lowest BCUT2D eigenvalue weighted by Crippen LogP contribution is -2.52. The minimum absolute atomic E-state index is 0.0698. The Balaban J connectivity index is 1.83. The number of nitrogens with zero attached hydrogens (tertiary/aromatic N) is 2. The van der Waals surface area contributed by atoms with Gasteiger partial charge in [-0.05, 0) is 42.8 Å². The molecule has 10 heteroatoms. The Bertz CT molecular complexity index is 1100. The van der Waals surface area contributed by atoms with Gasteiger partial charge in [0.05, 0.1) is 19.8 Å². The van der Waals surface area contributed by atoms with E-state index in [0.29, 0.717) is 24.3 Å². The van der Waals surface area contributed by atoms with E-state index in [1.807, 2.05) is 6.92 Å². The largest absolute Gasteiger partial charge is 0.493 e. The molecule has 0 radical (unpaired) electrons. The molecule has 0 saturated heterocycles. The summed E-state index contributed by atoms with van der Waals surface area (Å²) in [7, 11) is 1.52. The lowest BCUT2D eigenvalue weighted by atomic mass is 9.86. The second kappa shape index (κ2) is 10.4. The van der Waals surface area contributed by atoms with Crippen molar-refractivity contribution in [3.8, 4) is 5.75 Å². The fraction of sp³-hybridized carbons (Fsp3) is 0.417. The molecule has 34 heavy (non-hydrogen) atoms. The molecule has 0 unspecified atom stereocenters. The summed E-state index contributed by atoms with van der Waals surface area (Å²) in [4.78, 5) is 12.2. The lowest BCUT2D eigenvalue weighted by molar-refractivity contribution is -0.142. The van der Waals surface area contributed by atoms with Crippen LogP contribution in [0.3, 0.4) is 0 Å². The molecule has 0 bridgehead atoms. The summed E-state index contributed by atoms with van der Waals surface area (Å²) in [6.45, 7) is 2.43. The van der Waals surface area contributed by atoms with E-state index in [1.165, 1.54) is 30.3 Å². The van der Waals surface area contributed by atoms with Crippen LogP contribution in [0.15, 0.2) is 41.5 Å². The second-order valence-electron chi connectivity index (χ2n) is 8.02. The number of methoxy groups -OCH3 is 1. The quantitative estimate of drug-likeness (QED) is 0.500. The molecule has 2 heterocycles. The average Bonchev–Trinajstić information content (AvgIpc) is 3.22. The van der Waals surface area contributed by atoms with Gasteiger partial charge in [0.25, 0.3) is 5.91 Å². The number of halogens is 3. The van der Waals surface area contributed by atoms with Gasteiger partial charge in [-0.3, -0.25) is 4.79 Å². The van der Waals surface area contributed by atoms with Gasteiger partial charge >= 0.3 is 0 Å². The number of benzene rings is 2. The minimum Gasteiger partial charge on any atom is -0.493 e. The number of carbonyl (C=O) groups excluding carboxylic acids is 1. The molecule has 4 rings (SSSR count). The number of carbonyl (C=O) groups is 1. The van der Waals surface area contributed by atoms with Gasteiger partial charge in [0, 0.05) is 24.2 Å². The van der Waals surface area contributed by atoms with Crippen molar-refractivity contribution in [1.82, 2.24) is 5.01 Å². The summed E-state index contributed by atoms with van der Waals surface area (Å²) in [5, 5.41) is 5.83. The Kier molecular flexibility index (Phi) is 7.49. The van der Waals surface area contributed by atoms with Gasteiger partial charge in [-0.1, -0.05) is 25.1 Å². The van der Waals surface area contributed by atoms with E-state index >= 15 is 0 Å². The van der Waals surface area contributed by atoms with E-state index in [9.17, 15) is 18.0 Å². The molecular formula is C24H25F3N2O4S. The normalized spacial score (nSPS) is 21.4. The number of hydrogen-bond donors (Lipinski definition) is 0. The van der Waals surface area contributed by atoms with Gasteiger partial charge in [0.1, 0.15) is 34.9 Å². The summed E-state index contributed by atoms with van der Waals surface area (Å²) in [5.74, 6) is -2.19. The van der Waals surface area contributed by atoms with Gasteiger partial charge in [0.2, 0.25) is 0 Å². The van der Waals surface area contributed by atoms with Crippen LogP contribution in [0.4, 0.5) is 13.2 Å². The lowest BCUT2D eigenvalue weighted by Gasteiger charge is -2.45. The molecule has 2 aromatic carbocycles. The molecule has 0 aliphatic carbocycles. The van der Waals surface area contributed by atoms with E-state index in [4.69, 9.17) is 14.2 Å². The molecule has 2 aliphatic heterocycles. The zero-order valence-electron chi connectivity index (χ0n) is 18.9. The Morgan fingerprint density at radius 1 is 1.21 bits per heavy atom. The molecule has 0 N–H and O–H groups in total. The number of hydrazone groups is 1. The highest BCUT2D eigenvalue weighted by molar-refractivity contribution is 8.15. The molecule has 0 aromatic heterocycles. The van der Waals surface area contributed by atoms with Gasteiger partial charge < -0.3 is 14.2 Å². The van der Waals surface area contributed by atoms with Crippen molar-refractivity contribution in [3.63, 3.8) is 0 Å². The zero-order chi connectivity index (χ0) is 24.3. The topological polar surface area (TPSA) is 60.4 Å². The predicted molar refractivity (Wildman–Crippen MR) is 122 cm³/mol. The number of fused-ring (bicyclic) bond motifs is 2. The SMILES string of the molecule is CCC[C@@H]1COc2ccc(F)cc2[C@]12SC(c1cc(F)ccc1F)=NN2C(=O)COCCOC. The van der Waals surface area contributed by atoms with Gasteiger partial charge in [0.15, 0.2) is 4.87 Å². The molecule has 0 fully saturated rings. The first-order valence-electron chi connectivity index (χ1n) is 11.0. The van der Waals surface area contributed by atoms with Crippen LogP contribution >= 0.6 is 11.8 Å². The van der Waals surface area contributed by atoms with E-state index in [-0.39, 0.29) is 36.3 Å². The van der Waals surface area contributed by atoms with Crippen molar-refractivity contribution < 1.29 is 32.2 Å². The van der Waals surface area contributed by atoms with Gasteiger partial charge in [-0.25, -0.2) is 18.2 Å². The summed E-state index contributed by atoms with van der Waals surface area (Å²) in [5.41, 5.74) is 0.350. The average molecular weight is 495 g/mol. The maximum Gasteiger partial charge on any atom is 0.270 e. The highest BCUT2D eigenvalue weighted by Crippen LogP contribution is 2.57. The first kappa shape index (κ1) is 24.6. The van der Waals surface area contributed by atoms with E-state index in [0.717, 1.165) is 36.4 Å². The Hall–Kier alpha value is -2.56. The van der Waals surface area contributed by atoms with E-state index in [2.05, 4.69) is 5.10 Å². The summed E-state index contributed by atoms with van der Waals surface area (Å²) in [6, 6.07) is 7.17. The van der Waals surface area contributed by atoms with Crippen LogP contribution in [-0.4, -0.2) is 49.5 Å². The standard InChI is InChI=1S/C24H25F3N2O4S/c1-3-4-15-13-33-21-8-6-17(26)12-19(21)24(15)29(22(30)14-32-10-9-31-2)28-23(34-24)18-11-16(25)5-7-20(18)27/h5-8,11-12,15H,3-4,9-10,13-14H2,1-2H3/t15-,24-/m1/s1. The predicted octanol–water partition coefficient (Wildman–Crippen LogP) is 4.67. The van der Waals surface area contributed by atoms with Crippen molar-refractivity contribution in [1.29, 1.82) is 0 Å². The number of amides is 1. The Labute approximate surface area is 200 Å². The van der Waals surface area contributed by atoms with Crippen LogP contribution in [0.25, 0.3) is 0 Å². The van der Waals surface area contributed by atoms with Crippen LogP contribution in [-0.2, 0) is 19.1 Å². The van der Waals surface area contributed by atoms with Crippen LogP contribution in [0, 0.1) is 23.4 Å². The number of thioether (sulfide) groups is 1. The summed E-state index contributed by atoms with van der Waals surface area (Å²) < 4.78 is 59.5. The molecule has 6 nitrogen and oxygen atoms in total. The number of rotatable bonds is 8. The van der Waals surface area contributed by atoms with Crippen molar-refractivity contribution >= 4 is 22.7 Å². The van der Waals surface area contributed by atoms with E-state index < -0.39 is 28.2 Å². The summed E-state index contributed by atoms with van der Waals surface area (Å²) >= 11 is 1.11. The summed E-state index contributed by atoms with van der Waals surface area (Å²) in [6.07, 6.45) is 1.39. The highest BCUT2D eigenvalue weighted by atomic mass is 32.2. The van der Waals surface area contributed by atoms with E-state index in [1.54, 1.807) is 0 Å². The van der Waals surface area contributed by atoms with Crippen LogP contribution in [0.2, 0.25) is 0 Å². The van der Waals surface area contributed by atoms with Crippen LogP contribution in [0.1, 0.15) is 30.9 Å². The molecule has 2 aliphatic rings. The van der Waals surface area contributed by atoms with Crippen molar-refractivity contribution in [3.05, 3.63) is 65.0 Å². The third kappa shape index (κ3) is 4.54. The van der Waals surface area contributed by atoms with Gasteiger partial charge in [-0.2, -0.15) is 5.10 Å². The molecule has 1 spiro atoms. The number of ether oxygens (including phenoxy) is 3. The second-order valence-corrected chi connectivity index (χ2v) is 9.23. The maximum absolute atomic E-state index is 14.7. The molecular weight excluding hydrogens is 469 g/mol. The first-order chi connectivity index (χ1) is 16.4. The third-order valence-corrected chi connectivity index (χ3v) is 7.30. The third-order valence-electron chi connectivity index (χ3n) is 5.77. The minimum atomic E-state index is -1.21. The fourth-order valence-electron chi connectivity index (χ4n) is 4.23. The molecule has 1 amide bonds. The van der Waals surface area contributed by atoms with Gasteiger partial charge in [-0.15, -0.1) is 0 Å². The van der Waals surface area contributed by atoms with Crippen LogP contribution in [0.5, 0.6) is 5.75 Å². The Morgan fingerprint density at radius 3 is 2.74 bits per heavy atom. The monoisotopic (exact) mass is 494 g/mol. The fourth-order valence-corrected chi connectivity index (χ4v) is 5.77. The molecule has 2 atom stereocenters. The first-order valence-corrected chi connectivity index (χ1v) is 11.8.